The first-order valence-electron chi connectivity index (χ1n) is 6.13. The fourth-order valence-electron chi connectivity index (χ4n) is 1.92. The van der Waals surface area contributed by atoms with Crippen molar-refractivity contribution in [3.63, 3.8) is 0 Å². The van der Waals surface area contributed by atoms with Gasteiger partial charge in [-0.1, -0.05) is 13.8 Å². The lowest BCUT2D eigenvalue weighted by Crippen LogP contribution is -2.40. The lowest BCUT2D eigenvalue weighted by atomic mass is 10.1. The Labute approximate surface area is 102 Å². The van der Waals surface area contributed by atoms with Crippen molar-refractivity contribution in [3.8, 4) is 0 Å². The maximum absolute atomic E-state index is 11.7. The van der Waals surface area contributed by atoms with Crippen LogP contribution in [0.15, 0.2) is 0 Å². The number of amides is 2. The van der Waals surface area contributed by atoms with Crippen LogP contribution in [0.5, 0.6) is 0 Å². The molecule has 1 saturated carbocycles. The molecule has 1 fully saturated rings. The van der Waals surface area contributed by atoms with E-state index in [1.807, 2.05) is 0 Å². The second-order valence-corrected chi connectivity index (χ2v) is 5.25. The van der Waals surface area contributed by atoms with Gasteiger partial charge in [-0.2, -0.15) is 0 Å². The zero-order valence-corrected chi connectivity index (χ0v) is 10.8. The first-order chi connectivity index (χ1) is 7.90. The van der Waals surface area contributed by atoms with E-state index in [-0.39, 0.29) is 25.0 Å². The van der Waals surface area contributed by atoms with Gasteiger partial charge in [0.05, 0.1) is 6.42 Å². The first kappa shape index (κ1) is 13.8. The van der Waals surface area contributed by atoms with Crippen LogP contribution in [0.1, 0.15) is 33.1 Å². The van der Waals surface area contributed by atoms with Gasteiger partial charge in [-0.3, -0.25) is 4.79 Å². The minimum Gasteiger partial charge on any atom is -0.481 e. The highest BCUT2D eigenvalue weighted by Gasteiger charge is 2.38. The highest BCUT2D eigenvalue weighted by molar-refractivity contribution is 5.75. The predicted molar refractivity (Wildman–Crippen MR) is 64.8 cm³/mol. The molecule has 0 heterocycles. The molecular weight excluding hydrogens is 220 g/mol. The van der Waals surface area contributed by atoms with Gasteiger partial charge in [0.15, 0.2) is 0 Å². The van der Waals surface area contributed by atoms with E-state index < -0.39 is 5.97 Å². The van der Waals surface area contributed by atoms with Crippen LogP contribution in [0.4, 0.5) is 4.79 Å². The van der Waals surface area contributed by atoms with Gasteiger partial charge in [-0.15, -0.1) is 0 Å². The van der Waals surface area contributed by atoms with E-state index in [0.29, 0.717) is 11.8 Å². The molecule has 2 N–H and O–H groups in total. The predicted octanol–water partition coefficient (Wildman–Crippen LogP) is 1.54. The van der Waals surface area contributed by atoms with Crippen LogP contribution in [0.2, 0.25) is 0 Å². The number of carboxylic acid groups (broad SMARTS) is 1. The third kappa shape index (κ3) is 5.06. The number of nitrogens with zero attached hydrogens (tertiary/aromatic N) is 1. The smallest absolute Gasteiger partial charge is 0.317 e. The fraction of sp³-hybridized carbons (Fsp3) is 0.833. The molecule has 0 bridgehead atoms. The van der Waals surface area contributed by atoms with E-state index in [9.17, 15) is 9.59 Å². The standard InChI is InChI=1S/C12H22N2O3/c1-8(2)6-9-7-10(9)13-12(17)14(3)5-4-11(15)16/h8-10H,4-7H2,1-3H3,(H,13,17)(H,15,16)/t9-,10-/m1/s1. The molecule has 98 valence electrons. The number of carbonyl (C=O) groups excluding carboxylic acids is 1. The van der Waals surface area contributed by atoms with Crippen molar-refractivity contribution < 1.29 is 14.7 Å². The fourth-order valence-corrected chi connectivity index (χ4v) is 1.92. The van der Waals surface area contributed by atoms with Crippen molar-refractivity contribution >= 4 is 12.0 Å². The zero-order valence-electron chi connectivity index (χ0n) is 10.8. The maximum atomic E-state index is 11.7. The van der Waals surface area contributed by atoms with Crippen LogP contribution in [0.3, 0.4) is 0 Å². The molecule has 0 aliphatic heterocycles. The average molecular weight is 242 g/mol. The Hall–Kier alpha value is -1.26. The number of carbonyl (C=O) groups is 2. The molecule has 1 aliphatic rings. The van der Waals surface area contributed by atoms with E-state index in [4.69, 9.17) is 5.11 Å². The van der Waals surface area contributed by atoms with Gasteiger partial charge in [-0.05, 0) is 24.7 Å². The zero-order chi connectivity index (χ0) is 13.0. The van der Waals surface area contributed by atoms with Gasteiger partial charge >= 0.3 is 12.0 Å². The molecule has 1 rings (SSSR count). The van der Waals surface area contributed by atoms with Crippen LogP contribution < -0.4 is 5.32 Å². The summed E-state index contributed by atoms with van der Waals surface area (Å²) in [6.45, 7) is 4.61. The largest absolute Gasteiger partial charge is 0.481 e. The van der Waals surface area contributed by atoms with E-state index in [2.05, 4.69) is 19.2 Å². The number of nitrogens with one attached hydrogen (secondary N) is 1. The molecule has 0 saturated heterocycles. The van der Waals surface area contributed by atoms with Crippen LogP contribution in [-0.2, 0) is 4.79 Å². The number of hydrogen-bond donors (Lipinski definition) is 2. The second-order valence-electron chi connectivity index (χ2n) is 5.25. The molecule has 0 radical (unpaired) electrons. The molecule has 2 atom stereocenters. The first-order valence-corrected chi connectivity index (χ1v) is 6.13. The molecule has 2 amide bonds. The van der Waals surface area contributed by atoms with Crippen LogP contribution in [0, 0.1) is 11.8 Å². The molecule has 0 aromatic carbocycles. The Morgan fingerprint density at radius 2 is 2.12 bits per heavy atom. The Kier molecular flexibility index (Phi) is 4.78. The topological polar surface area (TPSA) is 69.6 Å². The van der Waals surface area contributed by atoms with Crippen LogP contribution in [-0.4, -0.2) is 41.6 Å². The summed E-state index contributed by atoms with van der Waals surface area (Å²) >= 11 is 0. The average Bonchev–Trinajstić information content (AvgIpc) is 2.91. The van der Waals surface area contributed by atoms with Gasteiger partial charge in [0.2, 0.25) is 0 Å². The Bertz CT molecular complexity index is 291. The highest BCUT2D eigenvalue weighted by Crippen LogP contribution is 2.36. The van der Waals surface area contributed by atoms with Crippen molar-refractivity contribution in [2.45, 2.75) is 39.2 Å². The van der Waals surface area contributed by atoms with Crippen molar-refractivity contribution in [3.05, 3.63) is 0 Å². The van der Waals surface area contributed by atoms with E-state index >= 15 is 0 Å². The third-order valence-electron chi connectivity index (χ3n) is 3.01. The van der Waals surface area contributed by atoms with E-state index in [0.717, 1.165) is 12.8 Å². The van der Waals surface area contributed by atoms with Crippen molar-refractivity contribution in [2.75, 3.05) is 13.6 Å². The molecular formula is C12H22N2O3. The molecule has 17 heavy (non-hydrogen) atoms. The highest BCUT2D eigenvalue weighted by atomic mass is 16.4. The molecule has 0 aromatic heterocycles. The summed E-state index contributed by atoms with van der Waals surface area (Å²) in [7, 11) is 1.62. The molecule has 0 spiro atoms. The minimum absolute atomic E-state index is 0.00991. The number of hydrogen-bond acceptors (Lipinski definition) is 2. The Balaban J connectivity index is 2.19. The van der Waals surface area contributed by atoms with Crippen molar-refractivity contribution in [1.29, 1.82) is 0 Å². The summed E-state index contributed by atoms with van der Waals surface area (Å²) < 4.78 is 0. The van der Waals surface area contributed by atoms with E-state index in [1.165, 1.54) is 4.90 Å². The number of rotatable bonds is 6. The van der Waals surface area contributed by atoms with Gasteiger partial charge < -0.3 is 15.3 Å². The third-order valence-corrected chi connectivity index (χ3v) is 3.01. The van der Waals surface area contributed by atoms with Gasteiger partial charge in [0.25, 0.3) is 0 Å². The quantitative estimate of drug-likeness (QED) is 0.742. The SMILES string of the molecule is CC(C)C[C@@H]1C[C@H]1NC(=O)N(C)CCC(=O)O. The monoisotopic (exact) mass is 242 g/mol. The number of urea groups is 1. The van der Waals surface area contributed by atoms with Crippen LogP contribution >= 0.6 is 0 Å². The number of carboxylic acids is 1. The summed E-state index contributed by atoms with van der Waals surface area (Å²) in [6, 6.07) is 0.125. The molecule has 1 aliphatic carbocycles. The van der Waals surface area contributed by atoms with E-state index in [1.54, 1.807) is 7.05 Å². The second kappa shape index (κ2) is 5.89. The Morgan fingerprint density at radius 1 is 1.47 bits per heavy atom. The number of aliphatic carboxylic acids is 1. The lowest BCUT2D eigenvalue weighted by molar-refractivity contribution is -0.137. The van der Waals surface area contributed by atoms with Gasteiger partial charge in [-0.25, -0.2) is 4.79 Å². The van der Waals surface area contributed by atoms with Crippen molar-refractivity contribution in [1.82, 2.24) is 10.2 Å². The molecule has 0 unspecified atom stereocenters. The summed E-state index contributed by atoms with van der Waals surface area (Å²) in [5.41, 5.74) is 0. The summed E-state index contributed by atoms with van der Waals surface area (Å²) in [4.78, 5) is 23.5. The van der Waals surface area contributed by atoms with Gasteiger partial charge in [0, 0.05) is 19.6 Å². The maximum Gasteiger partial charge on any atom is 0.317 e. The van der Waals surface area contributed by atoms with Crippen LogP contribution in [0.25, 0.3) is 0 Å². The van der Waals surface area contributed by atoms with Crippen molar-refractivity contribution in [2.24, 2.45) is 11.8 Å². The molecule has 0 aromatic rings. The molecule has 5 nitrogen and oxygen atoms in total. The lowest BCUT2D eigenvalue weighted by Gasteiger charge is -2.17. The summed E-state index contributed by atoms with van der Waals surface area (Å²) in [6.07, 6.45) is 2.19. The molecule has 5 heteroatoms. The Morgan fingerprint density at radius 3 is 2.65 bits per heavy atom. The summed E-state index contributed by atoms with van der Waals surface area (Å²) in [5, 5.41) is 11.4. The summed E-state index contributed by atoms with van der Waals surface area (Å²) in [5.74, 6) is 0.382. The minimum atomic E-state index is -0.881. The normalized spacial score (nSPS) is 22.4. The van der Waals surface area contributed by atoms with Gasteiger partial charge in [0.1, 0.15) is 0 Å².